The lowest BCUT2D eigenvalue weighted by Crippen LogP contribution is -2.29. The van der Waals surface area contributed by atoms with Crippen LogP contribution in [0.25, 0.3) is 0 Å². The maximum atomic E-state index is 12.2. The van der Waals surface area contributed by atoms with Crippen molar-refractivity contribution in [3.63, 3.8) is 0 Å². The van der Waals surface area contributed by atoms with Crippen molar-refractivity contribution >= 4 is 15.2 Å². The van der Waals surface area contributed by atoms with Crippen LogP contribution in [0.2, 0.25) is 0 Å². The monoisotopic (exact) mass is 490 g/mol. The molecule has 6 N–H and O–H groups in total. The molecule has 8 nitrogen and oxygen atoms in total. The van der Waals surface area contributed by atoms with E-state index in [0.29, 0.717) is 6.42 Å². The van der Waals surface area contributed by atoms with E-state index in [1.807, 2.05) is 0 Å². The number of aliphatic hydroxyl groups is 1. The summed E-state index contributed by atoms with van der Waals surface area (Å²) in [4.78, 5) is 28.5. The summed E-state index contributed by atoms with van der Waals surface area (Å²) in [5.74, 6) is 0. The smallest absolute Gasteiger partial charge is 0.371 e. The van der Waals surface area contributed by atoms with Crippen molar-refractivity contribution in [3.05, 3.63) is 0 Å². The van der Waals surface area contributed by atoms with Crippen LogP contribution >= 0.6 is 15.2 Å². The largest absolute Gasteiger partial charge is 0.412 e. The van der Waals surface area contributed by atoms with Gasteiger partial charge in [-0.3, -0.25) is 9.13 Å². The van der Waals surface area contributed by atoms with Gasteiger partial charge in [0.2, 0.25) is 0 Å². The molecule has 0 aromatic rings. The number of hydrogen-bond donors (Lipinski definition) is 4. The zero-order chi connectivity index (χ0) is 22.9. The molecule has 0 aromatic heterocycles. The Morgan fingerprint density at radius 3 is 1.32 bits per heavy atom. The van der Waals surface area contributed by atoms with Crippen molar-refractivity contribution in [2.45, 2.75) is 128 Å². The lowest BCUT2D eigenvalue weighted by atomic mass is 10.0. The van der Waals surface area contributed by atoms with Gasteiger partial charge in [-0.15, -0.1) is 0 Å². The first kappa shape index (κ1) is 33.4. The van der Waals surface area contributed by atoms with Crippen LogP contribution in [-0.4, -0.2) is 37.0 Å². The fourth-order valence-corrected chi connectivity index (χ4v) is 6.65. The molecular weight excluding hydrogens is 442 g/mol. The van der Waals surface area contributed by atoms with Crippen LogP contribution in [0, 0.1) is 0 Å². The Labute approximate surface area is 189 Å². The third kappa shape index (κ3) is 14.2. The number of hydrogen-bond acceptors (Lipinski definition) is 4. The van der Waals surface area contributed by atoms with E-state index in [-0.39, 0.29) is 18.5 Å². The van der Waals surface area contributed by atoms with Crippen molar-refractivity contribution in [2.24, 2.45) is 0 Å². The SMILES string of the molecule is CCCCCCCCCCCCCCCCCOP(=O)(O)C(O)(CCC)P(=O)(O)O.O. The Balaban J connectivity index is 0. The summed E-state index contributed by atoms with van der Waals surface area (Å²) in [5, 5.41) is 7.08. The van der Waals surface area contributed by atoms with Crippen LogP contribution in [0.5, 0.6) is 0 Å². The molecule has 0 radical (unpaired) electrons. The van der Waals surface area contributed by atoms with Gasteiger partial charge in [0.15, 0.2) is 0 Å². The molecule has 0 aromatic carbocycles. The number of rotatable bonds is 21. The summed E-state index contributed by atoms with van der Waals surface area (Å²) in [6.07, 6.45) is 17.6. The zero-order valence-corrected chi connectivity index (χ0v) is 21.4. The molecule has 0 spiro atoms. The first-order chi connectivity index (χ1) is 14.1. The molecule has 0 aliphatic rings. The summed E-state index contributed by atoms with van der Waals surface area (Å²) in [7, 11) is -10.0. The molecule has 0 saturated carbocycles. The molecule has 0 aliphatic carbocycles. The molecule has 190 valence electrons. The van der Waals surface area contributed by atoms with Crippen molar-refractivity contribution in [3.8, 4) is 0 Å². The van der Waals surface area contributed by atoms with Gasteiger partial charge in [-0.05, 0) is 12.8 Å². The minimum Gasteiger partial charge on any atom is -0.412 e. The molecule has 0 bridgehead atoms. The van der Waals surface area contributed by atoms with E-state index < -0.39 is 26.7 Å². The highest BCUT2D eigenvalue weighted by Crippen LogP contribution is 2.71. The quantitative estimate of drug-likeness (QED) is 0.116. The third-order valence-electron chi connectivity index (χ3n) is 5.52. The average molecular weight is 491 g/mol. The maximum Gasteiger partial charge on any atom is 0.371 e. The van der Waals surface area contributed by atoms with Crippen LogP contribution in [0.4, 0.5) is 0 Å². The molecule has 2 atom stereocenters. The Hall–Kier alpha value is 0.220. The van der Waals surface area contributed by atoms with Gasteiger partial charge in [0.05, 0.1) is 6.61 Å². The van der Waals surface area contributed by atoms with Gasteiger partial charge in [0.1, 0.15) is 0 Å². The molecule has 0 amide bonds. The van der Waals surface area contributed by atoms with Gasteiger partial charge in [-0.25, -0.2) is 0 Å². The van der Waals surface area contributed by atoms with Gasteiger partial charge in [-0.2, -0.15) is 0 Å². The van der Waals surface area contributed by atoms with E-state index in [9.17, 15) is 28.9 Å². The zero-order valence-electron chi connectivity index (χ0n) is 19.6. The van der Waals surface area contributed by atoms with Crippen molar-refractivity contribution in [1.82, 2.24) is 0 Å². The van der Waals surface area contributed by atoms with E-state index in [0.717, 1.165) is 19.3 Å². The fraction of sp³-hybridized carbons (Fsp3) is 1.00. The van der Waals surface area contributed by atoms with Crippen molar-refractivity contribution in [2.75, 3.05) is 6.61 Å². The Kier molecular flexibility index (Phi) is 20.1. The molecule has 0 aliphatic heterocycles. The van der Waals surface area contributed by atoms with Gasteiger partial charge in [0.25, 0.3) is 5.08 Å². The predicted octanol–water partition coefficient (Wildman–Crippen LogP) is 5.86. The van der Waals surface area contributed by atoms with Crippen LogP contribution in [-0.2, 0) is 13.7 Å². The standard InChI is InChI=1S/C21H46O7P2.H2O/c1-3-5-6-7-8-9-10-11-12-13-14-15-16-17-18-20-28-30(26,27)21(22,19-4-2)29(23,24)25;/h22H,3-20H2,1-2H3,(H,26,27)(H2,23,24,25);1H2. The van der Waals surface area contributed by atoms with E-state index in [2.05, 4.69) is 6.92 Å². The second kappa shape index (κ2) is 18.6. The molecule has 10 heteroatoms. The van der Waals surface area contributed by atoms with Gasteiger partial charge in [0, 0.05) is 0 Å². The lowest BCUT2D eigenvalue weighted by Gasteiger charge is -2.31. The van der Waals surface area contributed by atoms with Crippen LogP contribution < -0.4 is 0 Å². The van der Waals surface area contributed by atoms with Gasteiger partial charge >= 0.3 is 15.2 Å². The summed E-state index contributed by atoms with van der Waals surface area (Å²) < 4.78 is 28.6. The van der Waals surface area contributed by atoms with Crippen LogP contribution in [0.1, 0.15) is 123 Å². The normalized spacial score (nSPS) is 15.8. The highest BCUT2D eigenvalue weighted by atomic mass is 31.2. The van der Waals surface area contributed by atoms with Gasteiger partial charge < -0.3 is 29.8 Å². The topological polar surface area (TPSA) is 156 Å². The van der Waals surface area contributed by atoms with Crippen LogP contribution in [0.15, 0.2) is 0 Å². The van der Waals surface area contributed by atoms with E-state index in [1.54, 1.807) is 6.92 Å². The van der Waals surface area contributed by atoms with Crippen molar-refractivity contribution < 1.29 is 38.9 Å². The number of unbranched alkanes of at least 4 members (excludes halogenated alkanes) is 14. The maximum absolute atomic E-state index is 12.2. The highest BCUT2D eigenvalue weighted by molar-refractivity contribution is 7.72. The minimum absolute atomic E-state index is 0. The summed E-state index contributed by atoms with van der Waals surface area (Å²) in [6, 6.07) is 0. The average Bonchev–Trinajstić information content (AvgIpc) is 2.66. The van der Waals surface area contributed by atoms with E-state index >= 15 is 0 Å². The predicted molar refractivity (Wildman–Crippen MR) is 126 cm³/mol. The molecule has 0 heterocycles. The minimum atomic E-state index is -5.20. The lowest BCUT2D eigenvalue weighted by molar-refractivity contribution is 0.107. The summed E-state index contributed by atoms with van der Waals surface area (Å²) in [5.41, 5.74) is 0. The van der Waals surface area contributed by atoms with E-state index in [4.69, 9.17) is 4.52 Å². The van der Waals surface area contributed by atoms with Gasteiger partial charge in [-0.1, -0.05) is 110 Å². The molecular formula is C21H48O8P2. The van der Waals surface area contributed by atoms with Crippen molar-refractivity contribution in [1.29, 1.82) is 0 Å². The molecule has 0 fully saturated rings. The molecule has 0 rings (SSSR count). The molecule has 0 saturated heterocycles. The first-order valence-corrected chi connectivity index (χ1v) is 15.1. The first-order valence-electron chi connectivity index (χ1n) is 11.9. The molecule has 2 unspecified atom stereocenters. The van der Waals surface area contributed by atoms with Crippen LogP contribution in [0.3, 0.4) is 0 Å². The second-order valence-electron chi connectivity index (χ2n) is 8.37. The third-order valence-corrected chi connectivity index (χ3v) is 9.88. The highest BCUT2D eigenvalue weighted by Gasteiger charge is 2.59. The Morgan fingerprint density at radius 2 is 1.00 bits per heavy atom. The fourth-order valence-electron chi connectivity index (χ4n) is 3.55. The summed E-state index contributed by atoms with van der Waals surface area (Å²) in [6.45, 7) is 3.71. The summed E-state index contributed by atoms with van der Waals surface area (Å²) >= 11 is 0. The Morgan fingerprint density at radius 1 is 0.645 bits per heavy atom. The Bertz CT molecular complexity index is 512. The van der Waals surface area contributed by atoms with E-state index in [1.165, 1.54) is 70.6 Å². The molecule has 31 heavy (non-hydrogen) atoms. The second-order valence-corrected chi connectivity index (χ2v) is 12.6.